The zero-order chi connectivity index (χ0) is 22.4. The van der Waals surface area contributed by atoms with E-state index in [1.54, 1.807) is 18.5 Å². The van der Waals surface area contributed by atoms with Gasteiger partial charge in [0.2, 0.25) is 0 Å². The van der Waals surface area contributed by atoms with Crippen molar-refractivity contribution in [1.29, 1.82) is 0 Å². The molecule has 31 heavy (non-hydrogen) atoms. The van der Waals surface area contributed by atoms with E-state index in [0.29, 0.717) is 22.8 Å². The van der Waals surface area contributed by atoms with Gasteiger partial charge in [0.1, 0.15) is 5.82 Å². The Bertz CT molecular complexity index is 870. The highest BCUT2D eigenvalue weighted by atomic mass is 35.5. The van der Waals surface area contributed by atoms with Crippen molar-refractivity contribution >= 4 is 34.9 Å². The van der Waals surface area contributed by atoms with E-state index in [4.69, 9.17) is 21.3 Å². The maximum Gasteiger partial charge on any atom is 0.303 e. The molecule has 0 amide bonds. The molecule has 168 valence electrons. The molecule has 1 aliphatic heterocycles. The van der Waals surface area contributed by atoms with E-state index >= 15 is 0 Å². The maximum atomic E-state index is 11.2. The first kappa shape index (κ1) is 23.3. The average Bonchev–Trinajstić information content (AvgIpc) is 2.74. The second-order valence-electron chi connectivity index (χ2n) is 8.52. The molecule has 0 spiro atoms. The lowest BCUT2D eigenvalue weighted by molar-refractivity contribution is -0.137. The molecule has 1 fully saturated rings. The van der Waals surface area contributed by atoms with Gasteiger partial charge < -0.3 is 20.1 Å². The quantitative estimate of drug-likeness (QED) is 0.554. The fourth-order valence-corrected chi connectivity index (χ4v) is 3.94. The van der Waals surface area contributed by atoms with Crippen molar-refractivity contribution in [2.75, 3.05) is 30.0 Å². The Morgan fingerprint density at radius 3 is 2.61 bits per heavy atom. The third kappa shape index (κ3) is 6.55. The number of rotatable bonds is 9. The predicted molar refractivity (Wildman–Crippen MR) is 123 cm³/mol. The largest absolute Gasteiger partial charge is 0.481 e. The predicted octanol–water partition coefficient (Wildman–Crippen LogP) is 5.09. The summed E-state index contributed by atoms with van der Waals surface area (Å²) in [4.78, 5) is 22.8. The highest BCUT2D eigenvalue weighted by Gasteiger charge is 2.26. The van der Waals surface area contributed by atoms with E-state index in [-0.39, 0.29) is 12.3 Å². The number of pyridine rings is 2. The van der Waals surface area contributed by atoms with E-state index in [1.165, 1.54) is 0 Å². The summed E-state index contributed by atoms with van der Waals surface area (Å²) < 4.78 is 5.57. The number of ether oxygens (including phenoxy) is 1. The van der Waals surface area contributed by atoms with Crippen LogP contribution in [0.4, 0.5) is 17.3 Å². The summed E-state index contributed by atoms with van der Waals surface area (Å²) in [6.07, 6.45) is 5.35. The topological polar surface area (TPSA) is 87.6 Å². The number of hydrogen-bond donors (Lipinski definition) is 2. The van der Waals surface area contributed by atoms with Crippen LogP contribution in [0, 0.1) is 5.92 Å². The molecule has 7 nitrogen and oxygen atoms in total. The number of nitrogens with zero attached hydrogens (tertiary/aromatic N) is 3. The Labute approximate surface area is 188 Å². The Morgan fingerprint density at radius 1 is 1.26 bits per heavy atom. The van der Waals surface area contributed by atoms with E-state index in [9.17, 15) is 9.90 Å². The van der Waals surface area contributed by atoms with Gasteiger partial charge in [-0.25, -0.2) is 9.97 Å². The van der Waals surface area contributed by atoms with Crippen molar-refractivity contribution in [3.05, 3.63) is 41.2 Å². The second kappa shape index (κ2) is 10.8. The molecule has 3 rings (SSSR count). The van der Waals surface area contributed by atoms with Gasteiger partial charge in [-0.1, -0.05) is 32.4 Å². The van der Waals surface area contributed by atoms with Crippen LogP contribution in [0.5, 0.6) is 0 Å². The van der Waals surface area contributed by atoms with Gasteiger partial charge in [-0.05, 0) is 48.4 Å². The molecule has 1 aliphatic rings. The van der Waals surface area contributed by atoms with Gasteiger partial charge in [-0.3, -0.25) is 4.79 Å². The Balaban J connectivity index is 2.00. The van der Waals surface area contributed by atoms with Crippen LogP contribution in [0.3, 0.4) is 0 Å². The zero-order valence-electron chi connectivity index (χ0n) is 18.3. The van der Waals surface area contributed by atoms with Crippen LogP contribution >= 0.6 is 11.6 Å². The Morgan fingerprint density at radius 2 is 2.00 bits per heavy atom. The number of anilines is 3. The van der Waals surface area contributed by atoms with Crippen LogP contribution in [0.2, 0.25) is 5.02 Å². The maximum absolute atomic E-state index is 11.2. The summed E-state index contributed by atoms with van der Waals surface area (Å²) in [5.74, 6) is 0.987. The van der Waals surface area contributed by atoms with Crippen LogP contribution in [-0.4, -0.2) is 46.8 Å². The molecule has 1 atom stereocenters. The molecule has 0 aromatic carbocycles. The molecule has 2 aromatic heterocycles. The van der Waals surface area contributed by atoms with Crippen LogP contribution in [0.25, 0.3) is 0 Å². The summed E-state index contributed by atoms with van der Waals surface area (Å²) in [5.41, 5.74) is 1.69. The van der Waals surface area contributed by atoms with Gasteiger partial charge in [0.25, 0.3) is 0 Å². The highest BCUT2D eigenvalue weighted by Crippen LogP contribution is 2.34. The molecule has 3 heterocycles. The first-order chi connectivity index (χ1) is 14.8. The zero-order valence-corrected chi connectivity index (χ0v) is 19.1. The Kier molecular flexibility index (Phi) is 8.09. The SMILES string of the molecule is CC(C)CN(c1ncc([C@H](C)CC(=O)O)cc1Nc1ccc(Cl)cn1)C1CCOCC1. The average molecular weight is 447 g/mol. The lowest BCUT2D eigenvalue weighted by Gasteiger charge is -2.37. The van der Waals surface area contributed by atoms with Gasteiger partial charge in [0.15, 0.2) is 5.82 Å². The summed E-state index contributed by atoms with van der Waals surface area (Å²) >= 11 is 5.99. The van der Waals surface area contributed by atoms with E-state index in [0.717, 1.165) is 49.7 Å². The third-order valence-electron chi connectivity index (χ3n) is 5.39. The van der Waals surface area contributed by atoms with Gasteiger partial charge >= 0.3 is 5.97 Å². The molecule has 8 heteroatoms. The minimum absolute atomic E-state index is 0.0509. The number of nitrogens with one attached hydrogen (secondary N) is 1. The van der Waals surface area contributed by atoms with Crippen molar-refractivity contribution in [3.8, 4) is 0 Å². The molecule has 1 saturated heterocycles. The molecular weight excluding hydrogens is 416 g/mol. The number of halogens is 1. The number of carbonyl (C=O) groups is 1. The fraction of sp³-hybridized carbons (Fsp3) is 0.522. The minimum atomic E-state index is -0.825. The van der Waals surface area contributed by atoms with Crippen LogP contribution in [0.1, 0.15) is 51.5 Å². The number of carboxylic acids is 1. The number of carboxylic acid groups (broad SMARTS) is 1. The molecule has 0 aliphatic carbocycles. The molecule has 2 N–H and O–H groups in total. The number of hydrogen-bond acceptors (Lipinski definition) is 6. The van der Waals surface area contributed by atoms with E-state index in [2.05, 4.69) is 29.0 Å². The monoisotopic (exact) mass is 446 g/mol. The first-order valence-electron chi connectivity index (χ1n) is 10.8. The van der Waals surface area contributed by atoms with Crippen molar-refractivity contribution < 1.29 is 14.6 Å². The summed E-state index contributed by atoms with van der Waals surface area (Å²) in [6, 6.07) is 5.94. The van der Waals surface area contributed by atoms with Crippen molar-refractivity contribution in [1.82, 2.24) is 9.97 Å². The normalized spacial score (nSPS) is 15.6. The smallest absolute Gasteiger partial charge is 0.303 e. The Hall–Kier alpha value is -2.38. The standard InChI is InChI=1S/C23H31ClN4O3/c1-15(2)14-28(19-6-8-31-9-7-19)23-20(27-21-5-4-18(24)13-25-21)11-17(12-26-23)16(3)10-22(29)30/h4-5,11-13,15-16,19H,6-10,14H2,1-3H3,(H,25,27)(H,29,30)/t16-/m1/s1. The summed E-state index contributed by atoms with van der Waals surface area (Å²) in [7, 11) is 0. The van der Waals surface area contributed by atoms with Crippen molar-refractivity contribution in [2.45, 2.75) is 52.0 Å². The molecule has 0 bridgehead atoms. The first-order valence-corrected chi connectivity index (χ1v) is 11.2. The van der Waals surface area contributed by atoms with Gasteiger partial charge in [-0.15, -0.1) is 0 Å². The van der Waals surface area contributed by atoms with E-state index in [1.807, 2.05) is 19.1 Å². The molecular formula is C23H31ClN4O3. The summed E-state index contributed by atoms with van der Waals surface area (Å²) in [5, 5.41) is 13.2. The van der Waals surface area contributed by atoms with Gasteiger partial charge in [0.05, 0.1) is 17.1 Å². The number of aliphatic carboxylic acids is 1. The van der Waals surface area contributed by atoms with Crippen LogP contribution in [0.15, 0.2) is 30.6 Å². The lowest BCUT2D eigenvalue weighted by atomic mass is 9.98. The number of aromatic nitrogens is 2. The molecule has 0 radical (unpaired) electrons. The van der Waals surface area contributed by atoms with E-state index < -0.39 is 5.97 Å². The second-order valence-corrected chi connectivity index (χ2v) is 8.95. The molecule has 0 unspecified atom stereocenters. The highest BCUT2D eigenvalue weighted by molar-refractivity contribution is 6.30. The van der Waals surface area contributed by atoms with Gasteiger partial charge in [-0.2, -0.15) is 0 Å². The van der Waals surface area contributed by atoms with Crippen LogP contribution < -0.4 is 10.2 Å². The van der Waals surface area contributed by atoms with Crippen LogP contribution in [-0.2, 0) is 9.53 Å². The summed E-state index contributed by atoms with van der Waals surface area (Å²) in [6.45, 7) is 8.65. The minimum Gasteiger partial charge on any atom is -0.481 e. The van der Waals surface area contributed by atoms with Gasteiger partial charge in [0, 0.05) is 38.2 Å². The lowest BCUT2D eigenvalue weighted by Crippen LogP contribution is -2.42. The van der Waals surface area contributed by atoms with Crippen molar-refractivity contribution in [2.24, 2.45) is 5.92 Å². The van der Waals surface area contributed by atoms with Crippen molar-refractivity contribution in [3.63, 3.8) is 0 Å². The molecule has 0 saturated carbocycles. The fourth-order valence-electron chi connectivity index (χ4n) is 3.83. The molecule has 2 aromatic rings. The third-order valence-corrected chi connectivity index (χ3v) is 5.62.